The van der Waals surface area contributed by atoms with Crippen LogP contribution in [0.2, 0.25) is 0 Å². The maximum atomic E-state index is 4.57. The van der Waals surface area contributed by atoms with Gasteiger partial charge in [0.1, 0.15) is 5.82 Å². The van der Waals surface area contributed by atoms with Crippen molar-refractivity contribution in [2.75, 3.05) is 11.9 Å². The fraction of sp³-hybridized carbons (Fsp3) is 0.750. The van der Waals surface area contributed by atoms with Gasteiger partial charge in [-0.3, -0.25) is 4.98 Å². The molecule has 0 amide bonds. The van der Waals surface area contributed by atoms with Gasteiger partial charge in [-0.15, -0.1) is 0 Å². The molecule has 1 aliphatic rings. The lowest BCUT2D eigenvalue weighted by atomic mass is 9.78. The Balaban J connectivity index is 2.04. The van der Waals surface area contributed by atoms with Crippen LogP contribution in [0.15, 0.2) is 6.20 Å². The molecule has 0 atom stereocenters. The molecular formula is C16H27N3. The second-order valence-electron chi connectivity index (χ2n) is 6.60. The van der Waals surface area contributed by atoms with Crippen LogP contribution in [0.5, 0.6) is 0 Å². The highest BCUT2D eigenvalue weighted by Gasteiger charge is 2.34. The molecule has 106 valence electrons. The quantitative estimate of drug-likeness (QED) is 0.866. The number of aromatic nitrogens is 2. The second kappa shape index (κ2) is 5.89. The van der Waals surface area contributed by atoms with Crippen LogP contribution < -0.4 is 5.32 Å². The molecule has 19 heavy (non-hydrogen) atoms. The van der Waals surface area contributed by atoms with Gasteiger partial charge in [-0.05, 0) is 44.4 Å². The first-order chi connectivity index (χ1) is 9.01. The molecule has 2 rings (SSSR count). The summed E-state index contributed by atoms with van der Waals surface area (Å²) in [5.74, 6) is 1.74. The standard InChI is InChI=1S/C16H27N3/c1-12(2)9-16(7-5-6-8-16)11-18-15-14(4)17-10-13(3)19-15/h10,12H,5-9,11H2,1-4H3,(H,18,19). The van der Waals surface area contributed by atoms with Crippen LogP contribution in [0.1, 0.15) is 57.3 Å². The summed E-state index contributed by atoms with van der Waals surface area (Å²) in [6, 6.07) is 0. The molecule has 0 aliphatic heterocycles. The molecule has 1 saturated carbocycles. The van der Waals surface area contributed by atoms with E-state index in [1.165, 1.54) is 32.1 Å². The molecule has 0 spiro atoms. The minimum absolute atomic E-state index is 0.478. The molecule has 1 N–H and O–H groups in total. The van der Waals surface area contributed by atoms with Gasteiger partial charge in [-0.1, -0.05) is 26.7 Å². The van der Waals surface area contributed by atoms with Crippen molar-refractivity contribution in [3.05, 3.63) is 17.6 Å². The normalized spacial score (nSPS) is 17.9. The molecule has 0 bridgehead atoms. The van der Waals surface area contributed by atoms with E-state index < -0.39 is 0 Å². The van der Waals surface area contributed by atoms with Crippen molar-refractivity contribution in [3.8, 4) is 0 Å². The van der Waals surface area contributed by atoms with E-state index in [-0.39, 0.29) is 0 Å². The van der Waals surface area contributed by atoms with Crippen molar-refractivity contribution in [1.82, 2.24) is 9.97 Å². The molecule has 3 nitrogen and oxygen atoms in total. The largest absolute Gasteiger partial charge is 0.368 e. The molecular weight excluding hydrogens is 234 g/mol. The summed E-state index contributed by atoms with van der Waals surface area (Å²) in [6.45, 7) is 9.73. The monoisotopic (exact) mass is 261 g/mol. The molecule has 3 heteroatoms. The number of hydrogen-bond acceptors (Lipinski definition) is 3. The zero-order chi connectivity index (χ0) is 13.9. The summed E-state index contributed by atoms with van der Waals surface area (Å²) >= 11 is 0. The Labute approximate surface area is 117 Å². The molecule has 1 heterocycles. The Morgan fingerprint density at radius 3 is 2.58 bits per heavy atom. The van der Waals surface area contributed by atoms with Crippen LogP contribution >= 0.6 is 0 Å². The predicted octanol–water partition coefficient (Wildman–Crippen LogP) is 4.11. The fourth-order valence-corrected chi connectivity index (χ4v) is 3.42. The van der Waals surface area contributed by atoms with Gasteiger partial charge < -0.3 is 5.32 Å². The zero-order valence-electron chi connectivity index (χ0n) is 12.8. The van der Waals surface area contributed by atoms with Crippen LogP contribution in [0, 0.1) is 25.2 Å². The van der Waals surface area contributed by atoms with Crippen LogP contribution in [0.3, 0.4) is 0 Å². The molecule has 0 unspecified atom stereocenters. The predicted molar refractivity (Wildman–Crippen MR) is 80.4 cm³/mol. The van der Waals surface area contributed by atoms with E-state index in [0.717, 1.165) is 29.7 Å². The number of aryl methyl sites for hydroxylation is 2. The molecule has 1 aliphatic carbocycles. The Kier molecular flexibility index (Phi) is 4.43. The highest BCUT2D eigenvalue weighted by Crippen LogP contribution is 2.43. The van der Waals surface area contributed by atoms with Crippen LogP contribution in [-0.2, 0) is 0 Å². The van der Waals surface area contributed by atoms with E-state index in [0.29, 0.717) is 5.41 Å². The van der Waals surface area contributed by atoms with Gasteiger partial charge in [0, 0.05) is 12.7 Å². The topological polar surface area (TPSA) is 37.8 Å². The van der Waals surface area contributed by atoms with Crippen LogP contribution in [0.25, 0.3) is 0 Å². The van der Waals surface area contributed by atoms with Crippen LogP contribution in [-0.4, -0.2) is 16.5 Å². The number of hydrogen-bond donors (Lipinski definition) is 1. The van der Waals surface area contributed by atoms with E-state index in [1.54, 1.807) is 0 Å². The van der Waals surface area contributed by atoms with Crippen LogP contribution in [0.4, 0.5) is 5.82 Å². The third kappa shape index (κ3) is 3.68. The first kappa shape index (κ1) is 14.3. The lowest BCUT2D eigenvalue weighted by molar-refractivity contribution is 0.252. The van der Waals surface area contributed by atoms with E-state index >= 15 is 0 Å². The SMILES string of the molecule is Cc1cnc(C)c(NCC2(CC(C)C)CCCC2)n1. The second-order valence-corrected chi connectivity index (χ2v) is 6.60. The van der Waals surface area contributed by atoms with Crippen molar-refractivity contribution >= 4 is 5.82 Å². The van der Waals surface area contributed by atoms with Gasteiger partial charge in [0.25, 0.3) is 0 Å². The molecule has 1 aromatic heterocycles. The van der Waals surface area contributed by atoms with E-state index in [4.69, 9.17) is 0 Å². The summed E-state index contributed by atoms with van der Waals surface area (Å²) in [7, 11) is 0. The Bertz CT molecular complexity index is 420. The van der Waals surface area contributed by atoms with Gasteiger partial charge in [-0.2, -0.15) is 0 Å². The van der Waals surface area contributed by atoms with Gasteiger partial charge in [0.15, 0.2) is 0 Å². The molecule has 0 saturated heterocycles. The molecule has 0 aromatic carbocycles. The smallest absolute Gasteiger partial charge is 0.147 e. The van der Waals surface area contributed by atoms with Gasteiger partial charge in [0.05, 0.1) is 11.4 Å². The van der Waals surface area contributed by atoms with Crippen molar-refractivity contribution in [2.24, 2.45) is 11.3 Å². The number of rotatable bonds is 5. The zero-order valence-corrected chi connectivity index (χ0v) is 12.8. The third-order valence-electron chi connectivity index (χ3n) is 4.21. The Hall–Kier alpha value is -1.12. The average molecular weight is 261 g/mol. The van der Waals surface area contributed by atoms with Crippen molar-refractivity contribution in [1.29, 1.82) is 0 Å². The maximum absolute atomic E-state index is 4.57. The van der Waals surface area contributed by atoms with Gasteiger partial charge in [-0.25, -0.2) is 4.98 Å². The third-order valence-corrected chi connectivity index (χ3v) is 4.21. The van der Waals surface area contributed by atoms with Crippen molar-refractivity contribution in [2.45, 2.75) is 59.8 Å². The van der Waals surface area contributed by atoms with E-state index in [1.807, 2.05) is 20.0 Å². The number of nitrogens with one attached hydrogen (secondary N) is 1. The van der Waals surface area contributed by atoms with Crippen molar-refractivity contribution in [3.63, 3.8) is 0 Å². The lowest BCUT2D eigenvalue weighted by Crippen LogP contribution is -2.29. The summed E-state index contributed by atoms with van der Waals surface area (Å²) in [5.41, 5.74) is 2.46. The first-order valence-electron chi connectivity index (χ1n) is 7.55. The summed E-state index contributed by atoms with van der Waals surface area (Å²) in [4.78, 5) is 8.95. The fourth-order valence-electron chi connectivity index (χ4n) is 3.42. The minimum atomic E-state index is 0.478. The average Bonchev–Trinajstić information content (AvgIpc) is 2.78. The first-order valence-corrected chi connectivity index (χ1v) is 7.55. The minimum Gasteiger partial charge on any atom is -0.368 e. The van der Waals surface area contributed by atoms with E-state index in [9.17, 15) is 0 Å². The lowest BCUT2D eigenvalue weighted by Gasteiger charge is -2.31. The number of anilines is 1. The highest BCUT2D eigenvalue weighted by molar-refractivity contribution is 5.39. The molecule has 1 fully saturated rings. The summed E-state index contributed by atoms with van der Waals surface area (Å²) < 4.78 is 0. The molecule has 0 radical (unpaired) electrons. The Morgan fingerprint density at radius 1 is 1.26 bits per heavy atom. The molecule has 1 aromatic rings. The van der Waals surface area contributed by atoms with Crippen molar-refractivity contribution < 1.29 is 0 Å². The van der Waals surface area contributed by atoms with E-state index in [2.05, 4.69) is 29.1 Å². The highest BCUT2D eigenvalue weighted by atomic mass is 15.0. The maximum Gasteiger partial charge on any atom is 0.147 e. The van der Waals surface area contributed by atoms with Gasteiger partial charge >= 0.3 is 0 Å². The summed E-state index contributed by atoms with van der Waals surface area (Å²) in [5, 5.41) is 3.57. The summed E-state index contributed by atoms with van der Waals surface area (Å²) in [6.07, 6.45) is 8.63. The Morgan fingerprint density at radius 2 is 1.95 bits per heavy atom. The van der Waals surface area contributed by atoms with Gasteiger partial charge in [0.2, 0.25) is 0 Å². The number of nitrogens with zero attached hydrogens (tertiary/aromatic N) is 2.